The highest BCUT2D eigenvalue weighted by Crippen LogP contribution is 2.19. The first-order valence-corrected chi connectivity index (χ1v) is 7.55. The molecule has 0 aliphatic carbocycles. The van der Waals surface area contributed by atoms with Crippen molar-refractivity contribution in [2.24, 2.45) is 0 Å². The molecule has 8 heteroatoms. The molecular weight excluding hydrogens is 219 g/mol. The molecule has 0 aromatic rings. The van der Waals surface area contributed by atoms with Crippen LogP contribution in [-0.2, 0) is 8.96 Å². The van der Waals surface area contributed by atoms with Gasteiger partial charge in [-0.25, -0.2) is 0 Å². The molecule has 0 aromatic heterocycles. The number of hydrogen-bond donors (Lipinski definition) is 0. The summed E-state index contributed by atoms with van der Waals surface area (Å²) in [6.45, 7) is 0. The van der Waals surface area contributed by atoms with Crippen molar-refractivity contribution in [3.63, 3.8) is 0 Å². The largest absolute Gasteiger partial charge is 0.673 e. The fourth-order valence-corrected chi connectivity index (χ4v) is 1.84. The molecule has 0 heterocycles. The first-order valence-electron chi connectivity index (χ1n) is 2.43. The van der Waals surface area contributed by atoms with Crippen molar-refractivity contribution in [1.82, 2.24) is 0 Å². The van der Waals surface area contributed by atoms with Gasteiger partial charge in [0.2, 0.25) is 0 Å². The Balaban J connectivity index is 0. The predicted molar refractivity (Wildman–Crippen MR) is 50.5 cm³/mol. The summed E-state index contributed by atoms with van der Waals surface area (Å²) >= 11 is 0. The molecular formula is C3H9BF4S3. The van der Waals surface area contributed by atoms with Gasteiger partial charge in [0.15, 0.2) is 0 Å². The molecule has 0 bridgehead atoms. The predicted octanol–water partition coefficient (Wildman–Crippen LogP) is 3.09. The summed E-state index contributed by atoms with van der Waals surface area (Å²) in [6, 6.07) is 0. The van der Waals surface area contributed by atoms with Crippen molar-refractivity contribution in [2.45, 2.75) is 0 Å². The van der Waals surface area contributed by atoms with Gasteiger partial charge in [-0.15, -0.1) is 0 Å². The lowest BCUT2D eigenvalue weighted by Gasteiger charge is -1.94. The summed E-state index contributed by atoms with van der Waals surface area (Å²) in [5.74, 6) is 0. The lowest BCUT2D eigenvalue weighted by molar-refractivity contribution is 0.368. The minimum atomic E-state index is -6.00. The van der Waals surface area contributed by atoms with Gasteiger partial charge in [-0.05, 0) is 0 Å². The second-order valence-corrected chi connectivity index (χ2v) is 8.33. The monoisotopic (exact) mass is 228 g/mol. The maximum atomic E-state index is 9.75. The van der Waals surface area contributed by atoms with Crippen molar-refractivity contribution in [2.75, 3.05) is 18.8 Å². The molecule has 0 saturated carbocycles. The minimum absolute atomic E-state index is 0.549. The Morgan fingerprint density at radius 3 is 1.18 bits per heavy atom. The second kappa shape index (κ2) is 7.48. The summed E-state index contributed by atoms with van der Waals surface area (Å²) in [5, 5.41) is 0. The summed E-state index contributed by atoms with van der Waals surface area (Å²) in [7, 11) is -1.62. The average molecular weight is 228 g/mol. The van der Waals surface area contributed by atoms with E-state index in [1.54, 1.807) is 0 Å². The normalized spacial score (nSPS) is 10.9. The molecule has 0 spiro atoms. The Hall–Kier alpha value is 0.835. The van der Waals surface area contributed by atoms with Crippen LogP contribution in [0, 0.1) is 0 Å². The van der Waals surface area contributed by atoms with Gasteiger partial charge in [0.1, 0.15) is 36.8 Å². The van der Waals surface area contributed by atoms with Gasteiger partial charge in [0.05, 0.1) is 0 Å². The zero-order valence-corrected chi connectivity index (χ0v) is 8.76. The first kappa shape index (κ1) is 14.4. The number of halogens is 4. The standard InChI is InChI=1S/C3H9S3.BF4/c1-4-6(3)5-2;2-1(3,4)5/h1-3H3;/q+1;-1. The molecule has 11 heavy (non-hydrogen) atoms. The summed E-state index contributed by atoms with van der Waals surface area (Å²) in [5.41, 5.74) is 0. The summed E-state index contributed by atoms with van der Waals surface area (Å²) in [6.07, 6.45) is 6.51. The quantitative estimate of drug-likeness (QED) is 0.308. The highest BCUT2D eigenvalue weighted by atomic mass is 33.5. The summed E-state index contributed by atoms with van der Waals surface area (Å²) < 4.78 is 39.0. The van der Waals surface area contributed by atoms with Crippen LogP contribution >= 0.6 is 21.6 Å². The second-order valence-electron chi connectivity index (χ2n) is 1.23. The average Bonchev–Trinajstić information content (AvgIpc) is 1.83. The van der Waals surface area contributed by atoms with Crippen LogP contribution in [-0.4, -0.2) is 26.0 Å². The van der Waals surface area contributed by atoms with E-state index < -0.39 is 7.25 Å². The Labute approximate surface area is 74.1 Å². The molecule has 0 atom stereocenters. The van der Waals surface area contributed by atoms with E-state index >= 15 is 0 Å². The van der Waals surface area contributed by atoms with E-state index in [9.17, 15) is 17.3 Å². The van der Waals surface area contributed by atoms with Gasteiger partial charge in [0, 0.05) is 12.5 Å². The van der Waals surface area contributed by atoms with E-state index in [2.05, 4.69) is 18.8 Å². The maximum Gasteiger partial charge on any atom is 0.673 e. The molecule has 0 rings (SSSR count). The highest BCUT2D eigenvalue weighted by Gasteiger charge is 2.20. The van der Waals surface area contributed by atoms with Crippen molar-refractivity contribution < 1.29 is 17.3 Å². The summed E-state index contributed by atoms with van der Waals surface area (Å²) in [4.78, 5) is 0. The Morgan fingerprint density at radius 1 is 1.00 bits per heavy atom. The number of rotatable bonds is 2. The zero-order valence-electron chi connectivity index (χ0n) is 6.31. The number of hydrogen-bond acceptors (Lipinski definition) is 2. The first-order chi connectivity index (χ1) is 4.81. The Bertz CT molecular complexity index is 77.1. The van der Waals surface area contributed by atoms with Gasteiger partial charge in [-0.2, -0.15) is 0 Å². The third kappa shape index (κ3) is 36.2. The van der Waals surface area contributed by atoms with Crippen LogP contribution < -0.4 is 0 Å². The molecule has 70 valence electrons. The van der Waals surface area contributed by atoms with Crippen LogP contribution in [0.1, 0.15) is 0 Å². The fourth-order valence-electron chi connectivity index (χ4n) is 0.0680. The smallest absolute Gasteiger partial charge is 0.418 e. The van der Waals surface area contributed by atoms with E-state index in [-0.39, 0.29) is 0 Å². The third-order valence-corrected chi connectivity index (χ3v) is 6.67. The van der Waals surface area contributed by atoms with E-state index in [1.165, 1.54) is 0 Å². The van der Waals surface area contributed by atoms with Crippen molar-refractivity contribution in [3.05, 3.63) is 0 Å². The molecule has 0 amide bonds. The maximum absolute atomic E-state index is 9.75. The van der Waals surface area contributed by atoms with Crippen LogP contribution in [0.4, 0.5) is 17.3 Å². The molecule has 0 fully saturated rings. The molecule has 0 radical (unpaired) electrons. The van der Waals surface area contributed by atoms with Gasteiger partial charge >= 0.3 is 7.25 Å². The van der Waals surface area contributed by atoms with E-state index in [0.29, 0.717) is 8.96 Å². The van der Waals surface area contributed by atoms with Crippen LogP contribution in [0.15, 0.2) is 0 Å². The van der Waals surface area contributed by atoms with E-state index in [0.717, 1.165) is 0 Å². The van der Waals surface area contributed by atoms with Crippen LogP contribution in [0.2, 0.25) is 0 Å². The van der Waals surface area contributed by atoms with Gasteiger partial charge < -0.3 is 17.3 Å². The Morgan fingerprint density at radius 2 is 1.18 bits per heavy atom. The van der Waals surface area contributed by atoms with Gasteiger partial charge in [0.25, 0.3) is 0 Å². The molecule has 0 aliphatic heterocycles. The van der Waals surface area contributed by atoms with Crippen molar-refractivity contribution in [3.8, 4) is 0 Å². The van der Waals surface area contributed by atoms with Gasteiger partial charge in [-0.1, -0.05) is 0 Å². The molecule has 0 aliphatic rings. The molecule has 0 N–H and O–H groups in total. The lowest BCUT2D eigenvalue weighted by atomic mass is 10.3. The Kier molecular flexibility index (Phi) is 9.77. The molecule has 0 saturated heterocycles. The topological polar surface area (TPSA) is 0 Å². The molecule has 0 aromatic carbocycles. The SMILES string of the molecule is CS[S+](C)SC.F[B-](F)(F)F. The third-order valence-electron chi connectivity index (χ3n) is 0.469. The van der Waals surface area contributed by atoms with Crippen molar-refractivity contribution >= 4 is 37.8 Å². The molecule has 0 unspecified atom stereocenters. The highest BCUT2D eigenvalue weighted by molar-refractivity contribution is 9.06. The van der Waals surface area contributed by atoms with E-state index in [4.69, 9.17) is 0 Å². The van der Waals surface area contributed by atoms with Crippen molar-refractivity contribution in [1.29, 1.82) is 0 Å². The minimum Gasteiger partial charge on any atom is -0.418 e. The lowest BCUT2D eigenvalue weighted by Crippen LogP contribution is -2.02. The fraction of sp³-hybridized carbons (Fsp3) is 1.00. The zero-order chi connectivity index (χ0) is 9.49. The van der Waals surface area contributed by atoms with E-state index in [1.807, 2.05) is 21.6 Å². The van der Waals surface area contributed by atoms with Crippen LogP contribution in [0.5, 0.6) is 0 Å². The van der Waals surface area contributed by atoms with Gasteiger partial charge in [-0.3, -0.25) is 0 Å². The van der Waals surface area contributed by atoms with Crippen LogP contribution in [0.25, 0.3) is 0 Å². The van der Waals surface area contributed by atoms with Crippen LogP contribution in [0.3, 0.4) is 0 Å². The molecule has 0 nitrogen and oxygen atoms in total.